The van der Waals surface area contributed by atoms with Crippen LogP contribution in [-0.4, -0.2) is 11.8 Å². The van der Waals surface area contributed by atoms with Crippen LogP contribution in [0.15, 0.2) is 0 Å². The Balaban J connectivity index is 2.52. The van der Waals surface area contributed by atoms with Crippen LogP contribution < -0.4 is 0 Å². The molecule has 0 aliphatic heterocycles. The first-order valence-electron chi connectivity index (χ1n) is 4.02. The molecule has 3 unspecified atom stereocenters. The van der Waals surface area contributed by atoms with E-state index in [1.807, 2.05) is 0 Å². The van der Waals surface area contributed by atoms with Gasteiger partial charge in [-0.1, -0.05) is 48.7 Å². The summed E-state index contributed by atoms with van der Waals surface area (Å²) in [4.78, 5) is 0. The van der Waals surface area contributed by atoms with E-state index in [1.54, 1.807) is 0 Å². The zero-order valence-electron chi connectivity index (χ0n) is 6.68. The monoisotopic (exact) mass is 248 g/mol. The highest BCUT2D eigenvalue weighted by molar-refractivity contribution is 14.1. The molecule has 0 heterocycles. The van der Waals surface area contributed by atoms with Gasteiger partial charge in [-0.15, -0.1) is 0 Å². The highest BCUT2D eigenvalue weighted by atomic mass is 127. The molecule has 0 spiro atoms. The lowest BCUT2D eigenvalue weighted by Gasteiger charge is -2.35. The molecule has 0 bridgehead atoms. The summed E-state index contributed by atoms with van der Waals surface area (Å²) in [5.74, 6) is 1.99. The SMILES string of the molecule is [B]C1C(I)C(C)CC[C@@H]1C. The molecule has 0 saturated heterocycles. The maximum Gasteiger partial charge on any atom is 0.0717 e. The Labute approximate surface area is 78.7 Å². The molecule has 0 aromatic heterocycles. The molecule has 2 radical (unpaired) electrons. The maximum atomic E-state index is 6.00. The summed E-state index contributed by atoms with van der Waals surface area (Å²) < 4.78 is 0.696. The number of hydrogen-bond donors (Lipinski definition) is 0. The Morgan fingerprint density at radius 2 is 1.70 bits per heavy atom. The Bertz CT molecular complexity index is 102. The molecule has 0 aromatic rings. The molecule has 2 heteroatoms. The van der Waals surface area contributed by atoms with Crippen LogP contribution in [-0.2, 0) is 0 Å². The van der Waals surface area contributed by atoms with Gasteiger partial charge in [0.15, 0.2) is 0 Å². The average molecular weight is 248 g/mol. The molecule has 1 aliphatic carbocycles. The van der Waals surface area contributed by atoms with E-state index >= 15 is 0 Å². The van der Waals surface area contributed by atoms with Crippen molar-refractivity contribution < 1.29 is 0 Å². The fourth-order valence-corrected chi connectivity index (χ4v) is 2.64. The van der Waals surface area contributed by atoms with Crippen molar-refractivity contribution in [2.75, 3.05) is 0 Å². The molecule has 56 valence electrons. The molecule has 10 heavy (non-hydrogen) atoms. The predicted octanol–water partition coefficient (Wildman–Crippen LogP) is 2.81. The van der Waals surface area contributed by atoms with E-state index in [1.165, 1.54) is 12.8 Å². The first-order valence-corrected chi connectivity index (χ1v) is 5.27. The first-order chi connectivity index (χ1) is 4.63. The molecule has 0 N–H and O–H groups in total. The lowest BCUT2D eigenvalue weighted by atomic mass is 9.66. The molecule has 0 amide bonds. The second-order valence-corrected chi connectivity index (χ2v) is 4.99. The van der Waals surface area contributed by atoms with Gasteiger partial charge in [-0.2, -0.15) is 0 Å². The number of rotatable bonds is 0. The Hall–Kier alpha value is 0.795. The van der Waals surface area contributed by atoms with E-state index in [9.17, 15) is 0 Å². The van der Waals surface area contributed by atoms with Gasteiger partial charge in [0.2, 0.25) is 0 Å². The lowest BCUT2D eigenvalue weighted by molar-refractivity contribution is 0.328. The summed E-state index contributed by atoms with van der Waals surface area (Å²) in [6.07, 6.45) is 2.68. The Kier molecular flexibility index (Phi) is 3.08. The van der Waals surface area contributed by atoms with Crippen molar-refractivity contribution >= 4 is 30.4 Å². The Morgan fingerprint density at radius 1 is 1.20 bits per heavy atom. The smallest absolute Gasteiger partial charge is 0.0717 e. The van der Waals surface area contributed by atoms with Gasteiger partial charge in [-0.05, 0) is 18.3 Å². The summed E-state index contributed by atoms with van der Waals surface area (Å²) >= 11 is 2.50. The van der Waals surface area contributed by atoms with Crippen LogP contribution in [0.25, 0.3) is 0 Å². The van der Waals surface area contributed by atoms with Gasteiger partial charge >= 0.3 is 0 Å². The zero-order valence-corrected chi connectivity index (χ0v) is 8.84. The van der Waals surface area contributed by atoms with Crippen LogP contribution >= 0.6 is 22.6 Å². The van der Waals surface area contributed by atoms with Gasteiger partial charge in [0, 0.05) is 3.92 Å². The van der Waals surface area contributed by atoms with Crippen LogP contribution in [0.4, 0.5) is 0 Å². The minimum Gasteiger partial charge on any atom is -0.0828 e. The van der Waals surface area contributed by atoms with E-state index in [-0.39, 0.29) is 0 Å². The quantitative estimate of drug-likeness (QED) is 0.351. The summed E-state index contributed by atoms with van der Waals surface area (Å²) in [6, 6.07) is 0. The van der Waals surface area contributed by atoms with Crippen molar-refractivity contribution in [1.29, 1.82) is 0 Å². The normalized spacial score (nSPS) is 49.1. The summed E-state index contributed by atoms with van der Waals surface area (Å²) in [6.45, 7) is 4.57. The zero-order chi connectivity index (χ0) is 7.72. The van der Waals surface area contributed by atoms with E-state index in [0.717, 1.165) is 11.8 Å². The van der Waals surface area contributed by atoms with Gasteiger partial charge in [0.25, 0.3) is 0 Å². The van der Waals surface area contributed by atoms with Crippen molar-refractivity contribution in [3.05, 3.63) is 0 Å². The minimum absolute atomic E-state index is 0.435. The van der Waals surface area contributed by atoms with Gasteiger partial charge in [-0.25, -0.2) is 0 Å². The van der Waals surface area contributed by atoms with Crippen LogP contribution in [0.5, 0.6) is 0 Å². The van der Waals surface area contributed by atoms with Gasteiger partial charge in [-0.3, -0.25) is 0 Å². The molecule has 0 aromatic carbocycles. The molecular formula is C8H14BI. The van der Waals surface area contributed by atoms with Crippen molar-refractivity contribution in [2.24, 2.45) is 11.8 Å². The summed E-state index contributed by atoms with van der Waals surface area (Å²) in [5, 5.41) is 0. The van der Waals surface area contributed by atoms with E-state index in [4.69, 9.17) is 7.85 Å². The second kappa shape index (κ2) is 3.46. The van der Waals surface area contributed by atoms with Gasteiger partial charge < -0.3 is 0 Å². The van der Waals surface area contributed by atoms with Gasteiger partial charge in [0.05, 0.1) is 7.85 Å². The van der Waals surface area contributed by atoms with Crippen LogP contribution in [0, 0.1) is 11.8 Å². The number of alkyl halides is 1. The largest absolute Gasteiger partial charge is 0.0828 e. The fraction of sp³-hybridized carbons (Fsp3) is 1.00. The van der Waals surface area contributed by atoms with Crippen LogP contribution in [0.1, 0.15) is 26.7 Å². The molecule has 1 saturated carbocycles. The van der Waals surface area contributed by atoms with Crippen LogP contribution in [0.2, 0.25) is 5.82 Å². The third kappa shape index (κ3) is 1.69. The highest BCUT2D eigenvalue weighted by Crippen LogP contribution is 2.40. The van der Waals surface area contributed by atoms with E-state index in [0.29, 0.717) is 9.74 Å². The molecule has 0 nitrogen and oxygen atoms in total. The molecule has 1 fully saturated rings. The lowest BCUT2D eigenvalue weighted by Crippen LogP contribution is -2.28. The van der Waals surface area contributed by atoms with Crippen molar-refractivity contribution in [3.8, 4) is 0 Å². The van der Waals surface area contributed by atoms with E-state index < -0.39 is 0 Å². The minimum atomic E-state index is 0.435. The average Bonchev–Trinajstić information content (AvgIpc) is 1.93. The standard InChI is InChI=1S/C8H14BI/c1-5-3-4-6(2)8(10)7(5)9/h5-8H,3-4H2,1-2H3/t5-,6?,7?,8?/m0/s1. The second-order valence-electron chi connectivity index (χ2n) is 3.55. The predicted molar refractivity (Wildman–Crippen MR) is 54.9 cm³/mol. The van der Waals surface area contributed by atoms with Gasteiger partial charge in [0.1, 0.15) is 0 Å². The molecule has 1 aliphatic rings. The van der Waals surface area contributed by atoms with Crippen molar-refractivity contribution in [3.63, 3.8) is 0 Å². The topological polar surface area (TPSA) is 0 Å². The molecule has 1 rings (SSSR count). The van der Waals surface area contributed by atoms with Crippen LogP contribution in [0.3, 0.4) is 0 Å². The molecule has 4 atom stereocenters. The number of halogens is 1. The fourth-order valence-electron chi connectivity index (χ4n) is 1.57. The number of hydrogen-bond acceptors (Lipinski definition) is 0. The molecular weight excluding hydrogens is 234 g/mol. The third-order valence-electron chi connectivity index (χ3n) is 2.65. The van der Waals surface area contributed by atoms with Crippen molar-refractivity contribution in [2.45, 2.75) is 36.4 Å². The maximum absolute atomic E-state index is 6.00. The summed E-state index contributed by atoms with van der Waals surface area (Å²) in [7, 11) is 6.00. The van der Waals surface area contributed by atoms with E-state index in [2.05, 4.69) is 36.4 Å². The Morgan fingerprint density at radius 3 is 2.20 bits per heavy atom. The highest BCUT2D eigenvalue weighted by Gasteiger charge is 2.29. The summed E-state index contributed by atoms with van der Waals surface area (Å²) in [5.41, 5.74) is 0. The van der Waals surface area contributed by atoms with Crippen molar-refractivity contribution in [1.82, 2.24) is 0 Å². The third-order valence-corrected chi connectivity index (χ3v) is 4.70. The first kappa shape index (κ1) is 8.89.